The zero-order valence-corrected chi connectivity index (χ0v) is 16.2. The van der Waals surface area contributed by atoms with Gasteiger partial charge in [0, 0.05) is 23.7 Å². The van der Waals surface area contributed by atoms with E-state index < -0.39 is 10.0 Å². The third kappa shape index (κ3) is 5.30. The minimum atomic E-state index is -3.58. The van der Waals surface area contributed by atoms with E-state index in [4.69, 9.17) is 0 Å². The van der Waals surface area contributed by atoms with Crippen LogP contribution in [0.25, 0.3) is 0 Å². The lowest BCUT2D eigenvalue weighted by Gasteiger charge is -2.18. The van der Waals surface area contributed by atoms with Crippen LogP contribution in [-0.4, -0.2) is 37.5 Å². The molecular formula is C18H21FN2O3S2. The Labute approximate surface area is 157 Å². The average molecular weight is 397 g/mol. The maximum absolute atomic E-state index is 12.9. The smallest absolute Gasteiger partial charge is 0.243 e. The van der Waals surface area contributed by atoms with Crippen molar-refractivity contribution in [3.63, 3.8) is 0 Å². The van der Waals surface area contributed by atoms with Crippen molar-refractivity contribution in [2.75, 3.05) is 24.2 Å². The number of carbonyl (C=O) groups is 1. The molecule has 8 heteroatoms. The van der Waals surface area contributed by atoms with E-state index in [1.165, 1.54) is 40.3 Å². The predicted molar refractivity (Wildman–Crippen MR) is 102 cm³/mol. The van der Waals surface area contributed by atoms with E-state index in [1.807, 2.05) is 0 Å². The van der Waals surface area contributed by atoms with Gasteiger partial charge in [0.2, 0.25) is 15.9 Å². The second-order valence-corrected chi connectivity index (χ2v) is 8.39. The van der Waals surface area contributed by atoms with Crippen LogP contribution in [0.15, 0.2) is 58.3 Å². The van der Waals surface area contributed by atoms with Gasteiger partial charge in [0.25, 0.3) is 0 Å². The molecule has 1 N–H and O–H groups in total. The monoisotopic (exact) mass is 396 g/mol. The molecule has 0 radical (unpaired) electrons. The summed E-state index contributed by atoms with van der Waals surface area (Å²) in [4.78, 5) is 13.0. The molecule has 0 heterocycles. The lowest BCUT2D eigenvalue weighted by molar-refractivity contribution is -0.113. The normalized spacial score (nSPS) is 11.5. The number of nitrogens with zero attached hydrogens (tertiary/aromatic N) is 1. The molecule has 2 aromatic carbocycles. The van der Waals surface area contributed by atoms with Crippen molar-refractivity contribution in [1.82, 2.24) is 4.31 Å². The number of thioether (sulfide) groups is 1. The van der Waals surface area contributed by atoms with Gasteiger partial charge >= 0.3 is 0 Å². The molecule has 0 bridgehead atoms. The molecule has 0 saturated carbocycles. The van der Waals surface area contributed by atoms with E-state index in [2.05, 4.69) is 5.32 Å². The van der Waals surface area contributed by atoms with Gasteiger partial charge in [0.15, 0.2) is 0 Å². The molecule has 0 fully saturated rings. The van der Waals surface area contributed by atoms with Crippen LogP contribution in [0.2, 0.25) is 0 Å². The molecule has 0 saturated heterocycles. The summed E-state index contributed by atoms with van der Waals surface area (Å²) in [5.74, 6) is -0.458. The van der Waals surface area contributed by atoms with Crippen LogP contribution in [0, 0.1) is 5.82 Å². The summed E-state index contributed by atoms with van der Waals surface area (Å²) < 4.78 is 39.3. The van der Waals surface area contributed by atoms with Crippen LogP contribution >= 0.6 is 11.8 Å². The number of halogens is 1. The highest BCUT2D eigenvalue weighted by Crippen LogP contribution is 2.21. The van der Waals surface area contributed by atoms with Crippen molar-refractivity contribution in [2.45, 2.75) is 23.6 Å². The zero-order chi connectivity index (χ0) is 19.2. The van der Waals surface area contributed by atoms with Gasteiger partial charge < -0.3 is 5.32 Å². The van der Waals surface area contributed by atoms with Gasteiger partial charge in [-0.1, -0.05) is 19.9 Å². The van der Waals surface area contributed by atoms with Gasteiger partial charge in [0.1, 0.15) is 5.82 Å². The Morgan fingerprint density at radius 2 is 1.77 bits per heavy atom. The fraction of sp³-hybridized carbons (Fsp3) is 0.278. The van der Waals surface area contributed by atoms with Crippen LogP contribution in [-0.2, 0) is 14.8 Å². The minimum Gasteiger partial charge on any atom is -0.325 e. The van der Waals surface area contributed by atoms with E-state index in [0.29, 0.717) is 18.8 Å². The van der Waals surface area contributed by atoms with Crippen molar-refractivity contribution in [1.29, 1.82) is 0 Å². The molecule has 1 amide bonds. The van der Waals surface area contributed by atoms with E-state index >= 15 is 0 Å². The summed E-state index contributed by atoms with van der Waals surface area (Å²) in [7, 11) is -3.58. The highest BCUT2D eigenvalue weighted by atomic mass is 32.2. The van der Waals surface area contributed by atoms with Crippen LogP contribution in [0.5, 0.6) is 0 Å². The van der Waals surface area contributed by atoms with Gasteiger partial charge in [-0.25, -0.2) is 12.8 Å². The lowest BCUT2D eigenvalue weighted by Crippen LogP contribution is -2.30. The Kier molecular flexibility index (Phi) is 7.19. The topological polar surface area (TPSA) is 66.5 Å². The molecular weight excluding hydrogens is 375 g/mol. The third-order valence-electron chi connectivity index (χ3n) is 3.64. The number of amides is 1. The first-order chi connectivity index (χ1) is 12.4. The number of nitrogens with one attached hydrogen (secondary N) is 1. The Balaban J connectivity index is 2.03. The van der Waals surface area contributed by atoms with Gasteiger partial charge in [-0.05, 0) is 42.5 Å². The largest absolute Gasteiger partial charge is 0.325 e. The summed E-state index contributed by atoms with van der Waals surface area (Å²) in [5.41, 5.74) is 0.419. The SMILES string of the molecule is CCN(CC)S(=O)(=O)c1cccc(NC(=O)CSc2ccc(F)cc2)c1. The van der Waals surface area contributed by atoms with Gasteiger partial charge in [-0.15, -0.1) is 11.8 Å². The Bertz CT molecular complexity index is 851. The van der Waals surface area contributed by atoms with E-state index in [-0.39, 0.29) is 22.4 Å². The maximum atomic E-state index is 12.9. The molecule has 0 atom stereocenters. The molecule has 0 unspecified atom stereocenters. The second kappa shape index (κ2) is 9.16. The molecule has 2 aromatic rings. The summed E-state index contributed by atoms with van der Waals surface area (Å²) >= 11 is 1.27. The molecule has 140 valence electrons. The molecule has 0 aliphatic heterocycles. The van der Waals surface area contributed by atoms with Crippen molar-refractivity contribution in [2.24, 2.45) is 0 Å². The lowest BCUT2D eigenvalue weighted by atomic mass is 10.3. The molecule has 0 aliphatic carbocycles. The van der Waals surface area contributed by atoms with E-state index in [0.717, 1.165) is 4.90 Å². The number of sulfonamides is 1. The predicted octanol–water partition coefficient (Wildman–Crippen LogP) is 3.59. The fourth-order valence-electron chi connectivity index (χ4n) is 2.32. The Hall–Kier alpha value is -1.90. The van der Waals surface area contributed by atoms with Crippen LogP contribution in [0.3, 0.4) is 0 Å². The van der Waals surface area contributed by atoms with Crippen molar-refractivity contribution < 1.29 is 17.6 Å². The molecule has 5 nitrogen and oxygen atoms in total. The van der Waals surface area contributed by atoms with E-state index in [1.54, 1.807) is 38.1 Å². The second-order valence-electron chi connectivity index (χ2n) is 5.41. The van der Waals surface area contributed by atoms with Gasteiger partial charge in [-0.2, -0.15) is 4.31 Å². The van der Waals surface area contributed by atoms with Crippen LogP contribution in [0.1, 0.15) is 13.8 Å². The first-order valence-electron chi connectivity index (χ1n) is 8.15. The van der Waals surface area contributed by atoms with Crippen molar-refractivity contribution >= 4 is 33.4 Å². The zero-order valence-electron chi connectivity index (χ0n) is 14.6. The molecule has 26 heavy (non-hydrogen) atoms. The molecule has 2 rings (SSSR count). The van der Waals surface area contributed by atoms with E-state index in [9.17, 15) is 17.6 Å². The highest BCUT2D eigenvalue weighted by Gasteiger charge is 2.21. The van der Waals surface area contributed by atoms with Crippen molar-refractivity contribution in [3.8, 4) is 0 Å². The number of hydrogen-bond donors (Lipinski definition) is 1. The Morgan fingerprint density at radius 3 is 2.38 bits per heavy atom. The van der Waals surface area contributed by atoms with Gasteiger partial charge in [0.05, 0.1) is 10.6 Å². The molecule has 0 spiro atoms. The number of rotatable bonds is 8. The fourth-order valence-corrected chi connectivity index (χ4v) is 4.53. The minimum absolute atomic E-state index is 0.138. The molecule has 0 aromatic heterocycles. The maximum Gasteiger partial charge on any atom is 0.243 e. The Morgan fingerprint density at radius 1 is 1.12 bits per heavy atom. The standard InChI is InChI=1S/C18H21FN2O3S2/c1-3-21(4-2)26(23,24)17-7-5-6-15(12-17)20-18(22)13-25-16-10-8-14(19)9-11-16/h5-12H,3-4,13H2,1-2H3,(H,20,22). The first kappa shape index (κ1) is 20.4. The van der Waals surface area contributed by atoms with Gasteiger partial charge in [-0.3, -0.25) is 4.79 Å². The first-order valence-corrected chi connectivity index (χ1v) is 10.6. The summed E-state index contributed by atoms with van der Waals surface area (Å²) in [6.07, 6.45) is 0. The van der Waals surface area contributed by atoms with Crippen LogP contribution < -0.4 is 5.32 Å². The number of carbonyl (C=O) groups excluding carboxylic acids is 1. The highest BCUT2D eigenvalue weighted by molar-refractivity contribution is 8.00. The number of hydrogen-bond acceptors (Lipinski definition) is 4. The molecule has 0 aliphatic rings. The average Bonchev–Trinajstić information content (AvgIpc) is 2.62. The summed E-state index contributed by atoms with van der Waals surface area (Å²) in [5, 5.41) is 2.69. The quantitative estimate of drug-likeness (QED) is 0.693. The van der Waals surface area contributed by atoms with Crippen molar-refractivity contribution in [3.05, 3.63) is 54.3 Å². The number of benzene rings is 2. The summed E-state index contributed by atoms with van der Waals surface area (Å²) in [6, 6.07) is 12.1. The third-order valence-corrected chi connectivity index (χ3v) is 6.70. The summed E-state index contributed by atoms with van der Waals surface area (Å²) in [6.45, 7) is 4.31. The number of anilines is 1. The van der Waals surface area contributed by atoms with Crippen LogP contribution in [0.4, 0.5) is 10.1 Å².